The third-order valence-corrected chi connectivity index (χ3v) is 7.57. The molecule has 8 heteroatoms. The average Bonchev–Trinajstić information content (AvgIpc) is 2.91. The van der Waals surface area contributed by atoms with Crippen LogP contribution in [0.2, 0.25) is 0 Å². The van der Waals surface area contributed by atoms with E-state index in [2.05, 4.69) is 11.6 Å². The molecular formula is C13H23N3O2S3. The fourth-order valence-corrected chi connectivity index (χ4v) is 6.10. The van der Waals surface area contributed by atoms with Crippen molar-refractivity contribution < 1.29 is 8.42 Å². The van der Waals surface area contributed by atoms with Crippen molar-refractivity contribution in [3.63, 3.8) is 0 Å². The molecule has 1 atom stereocenters. The van der Waals surface area contributed by atoms with Crippen LogP contribution in [0, 0.1) is 0 Å². The van der Waals surface area contributed by atoms with E-state index >= 15 is 0 Å². The fourth-order valence-electron chi connectivity index (χ4n) is 2.23. The standard InChI is InChI=1S/C13H23N3O2S3/c1-2-3-16-9-13(6-11(16)7-14)21(17,18)15-8-12-10-19-4-5-20-12/h6,9,12,15H,2-5,7-8,10,14H2,1H3. The molecule has 1 aromatic heterocycles. The maximum absolute atomic E-state index is 12.4. The Kier molecular flexibility index (Phi) is 6.49. The fraction of sp³-hybridized carbons (Fsp3) is 0.692. The van der Waals surface area contributed by atoms with E-state index in [-0.39, 0.29) is 0 Å². The van der Waals surface area contributed by atoms with Crippen LogP contribution in [0.25, 0.3) is 0 Å². The molecule has 1 saturated heterocycles. The van der Waals surface area contributed by atoms with Gasteiger partial charge in [0.25, 0.3) is 0 Å². The van der Waals surface area contributed by atoms with Crippen LogP contribution < -0.4 is 10.5 Å². The Morgan fingerprint density at radius 3 is 2.90 bits per heavy atom. The molecule has 0 bridgehead atoms. The Balaban J connectivity index is 2.04. The number of thioether (sulfide) groups is 2. The van der Waals surface area contributed by atoms with Gasteiger partial charge in [-0.2, -0.15) is 23.5 Å². The van der Waals surface area contributed by atoms with Crippen LogP contribution >= 0.6 is 23.5 Å². The summed E-state index contributed by atoms with van der Waals surface area (Å²) in [5.41, 5.74) is 6.55. The van der Waals surface area contributed by atoms with E-state index in [1.807, 2.05) is 28.1 Å². The third kappa shape index (κ3) is 4.66. The summed E-state index contributed by atoms with van der Waals surface area (Å²) in [4.78, 5) is 0.324. The second-order valence-corrected chi connectivity index (χ2v) is 9.31. The molecule has 0 saturated carbocycles. The lowest BCUT2D eigenvalue weighted by Crippen LogP contribution is -2.33. The number of nitrogens with zero attached hydrogens (tertiary/aromatic N) is 1. The predicted molar refractivity (Wildman–Crippen MR) is 91.4 cm³/mol. The van der Waals surface area contributed by atoms with Crippen molar-refractivity contribution >= 4 is 33.5 Å². The summed E-state index contributed by atoms with van der Waals surface area (Å²) in [5.74, 6) is 3.27. The lowest BCUT2D eigenvalue weighted by molar-refractivity contribution is 0.580. The quantitative estimate of drug-likeness (QED) is 0.780. The van der Waals surface area contributed by atoms with E-state index < -0.39 is 10.0 Å². The van der Waals surface area contributed by atoms with E-state index in [1.165, 1.54) is 0 Å². The molecule has 5 nitrogen and oxygen atoms in total. The summed E-state index contributed by atoms with van der Waals surface area (Å²) in [6.45, 7) is 3.70. The van der Waals surface area contributed by atoms with Crippen molar-refractivity contribution in [2.24, 2.45) is 5.73 Å². The van der Waals surface area contributed by atoms with Crippen LogP contribution in [0.5, 0.6) is 0 Å². The van der Waals surface area contributed by atoms with Gasteiger partial charge < -0.3 is 10.3 Å². The molecule has 1 aliphatic heterocycles. The van der Waals surface area contributed by atoms with Gasteiger partial charge in [0.1, 0.15) is 0 Å². The number of aromatic nitrogens is 1. The van der Waals surface area contributed by atoms with Crippen LogP contribution in [-0.4, -0.2) is 42.0 Å². The minimum absolute atomic E-state index is 0.324. The summed E-state index contributed by atoms with van der Waals surface area (Å²) >= 11 is 3.74. The van der Waals surface area contributed by atoms with E-state index in [0.717, 1.165) is 35.9 Å². The van der Waals surface area contributed by atoms with Crippen molar-refractivity contribution in [1.82, 2.24) is 9.29 Å². The molecule has 0 spiro atoms. The smallest absolute Gasteiger partial charge is 0.242 e. The third-order valence-electron chi connectivity index (χ3n) is 3.33. The second kappa shape index (κ2) is 7.92. The average molecular weight is 350 g/mol. The van der Waals surface area contributed by atoms with Crippen LogP contribution in [0.4, 0.5) is 0 Å². The first-order chi connectivity index (χ1) is 10.1. The van der Waals surface area contributed by atoms with Gasteiger partial charge in [-0.3, -0.25) is 0 Å². The van der Waals surface area contributed by atoms with Gasteiger partial charge in [-0.25, -0.2) is 13.1 Å². The molecule has 1 aromatic rings. The number of hydrogen-bond acceptors (Lipinski definition) is 5. The topological polar surface area (TPSA) is 77.1 Å². The number of nitrogens with one attached hydrogen (secondary N) is 1. The number of aryl methyl sites for hydroxylation is 1. The zero-order valence-electron chi connectivity index (χ0n) is 12.2. The van der Waals surface area contributed by atoms with Crippen molar-refractivity contribution in [2.75, 3.05) is 23.8 Å². The molecule has 120 valence electrons. The Hall–Kier alpha value is -0.150. The van der Waals surface area contributed by atoms with Gasteiger partial charge >= 0.3 is 0 Å². The summed E-state index contributed by atoms with van der Waals surface area (Å²) in [5, 5.41) is 0.366. The summed E-state index contributed by atoms with van der Waals surface area (Å²) in [6.07, 6.45) is 2.64. The molecular weight excluding hydrogens is 326 g/mol. The first-order valence-corrected chi connectivity index (χ1v) is 10.8. The predicted octanol–water partition coefficient (Wildman–Crippen LogP) is 1.48. The highest BCUT2D eigenvalue weighted by atomic mass is 32.2. The second-order valence-electron chi connectivity index (χ2n) is 4.98. The van der Waals surface area contributed by atoms with E-state index in [1.54, 1.807) is 12.3 Å². The van der Waals surface area contributed by atoms with Gasteiger partial charge in [-0.05, 0) is 12.5 Å². The minimum Gasteiger partial charge on any atom is -0.349 e. The molecule has 0 aromatic carbocycles. The van der Waals surface area contributed by atoms with E-state index in [4.69, 9.17) is 5.73 Å². The minimum atomic E-state index is -3.44. The molecule has 2 rings (SSSR count). The normalized spacial score (nSPS) is 19.8. The first-order valence-electron chi connectivity index (χ1n) is 7.15. The van der Waals surface area contributed by atoms with Crippen molar-refractivity contribution in [3.8, 4) is 0 Å². The molecule has 0 radical (unpaired) electrons. The summed E-state index contributed by atoms with van der Waals surface area (Å²) in [7, 11) is -3.44. The SMILES string of the molecule is CCCn1cc(S(=O)(=O)NCC2CSCCS2)cc1CN. The number of sulfonamides is 1. The lowest BCUT2D eigenvalue weighted by atomic mass is 10.4. The highest BCUT2D eigenvalue weighted by Crippen LogP contribution is 2.24. The van der Waals surface area contributed by atoms with Crippen LogP contribution in [0.3, 0.4) is 0 Å². The Morgan fingerprint density at radius 2 is 2.29 bits per heavy atom. The molecule has 1 fully saturated rings. The lowest BCUT2D eigenvalue weighted by Gasteiger charge is -2.20. The maximum Gasteiger partial charge on any atom is 0.242 e. The highest BCUT2D eigenvalue weighted by molar-refractivity contribution is 8.06. The maximum atomic E-state index is 12.4. The van der Waals surface area contributed by atoms with Gasteiger partial charge in [0.05, 0.1) is 4.90 Å². The van der Waals surface area contributed by atoms with Gasteiger partial charge in [0.2, 0.25) is 10.0 Å². The number of hydrogen-bond donors (Lipinski definition) is 2. The molecule has 2 heterocycles. The van der Waals surface area contributed by atoms with E-state index in [0.29, 0.717) is 23.2 Å². The Bertz CT molecular complexity index is 551. The number of rotatable bonds is 7. The monoisotopic (exact) mass is 349 g/mol. The summed E-state index contributed by atoms with van der Waals surface area (Å²) in [6, 6.07) is 1.68. The molecule has 0 aliphatic carbocycles. The van der Waals surface area contributed by atoms with Gasteiger partial charge in [0.15, 0.2) is 0 Å². The Morgan fingerprint density at radius 1 is 1.48 bits per heavy atom. The Labute approximate surface area is 135 Å². The van der Waals surface area contributed by atoms with Gasteiger partial charge in [-0.1, -0.05) is 6.92 Å². The van der Waals surface area contributed by atoms with Crippen molar-refractivity contribution in [3.05, 3.63) is 18.0 Å². The molecule has 3 N–H and O–H groups in total. The van der Waals surface area contributed by atoms with Crippen molar-refractivity contribution in [2.45, 2.75) is 36.6 Å². The van der Waals surface area contributed by atoms with Crippen LogP contribution in [-0.2, 0) is 23.1 Å². The molecule has 1 unspecified atom stereocenters. The van der Waals surface area contributed by atoms with Gasteiger partial charge in [-0.15, -0.1) is 0 Å². The summed E-state index contributed by atoms with van der Waals surface area (Å²) < 4.78 is 29.4. The zero-order valence-corrected chi connectivity index (χ0v) is 14.7. The first kappa shape index (κ1) is 17.2. The zero-order chi connectivity index (χ0) is 15.3. The number of nitrogens with two attached hydrogens (primary N) is 1. The van der Waals surface area contributed by atoms with Crippen molar-refractivity contribution in [1.29, 1.82) is 0 Å². The van der Waals surface area contributed by atoms with Crippen LogP contribution in [0.1, 0.15) is 19.0 Å². The molecule has 0 amide bonds. The molecule has 1 aliphatic rings. The van der Waals surface area contributed by atoms with Gasteiger partial charge in [0, 0.05) is 54.0 Å². The largest absolute Gasteiger partial charge is 0.349 e. The van der Waals surface area contributed by atoms with Crippen LogP contribution in [0.15, 0.2) is 17.2 Å². The highest BCUT2D eigenvalue weighted by Gasteiger charge is 2.21. The van der Waals surface area contributed by atoms with E-state index in [9.17, 15) is 8.42 Å². The molecule has 21 heavy (non-hydrogen) atoms.